The van der Waals surface area contributed by atoms with Crippen LogP contribution in [0.3, 0.4) is 0 Å². The molecule has 0 aliphatic heterocycles. The number of hydrogen-bond acceptors (Lipinski definition) is 4. The summed E-state index contributed by atoms with van der Waals surface area (Å²) in [6.45, 7) is 0.439. The van der Waals surface area contributed by atoms with E-state index in [4.69, 9.17) is 21.4 Å². The van der Waals surface area contributed by atoms with Crippen LogP contribution in [0.4, 0.5) is 13.2 Å². The van der Waals surface area contributed by atoms with E-state index in [1.807, 2.05) is 0 Å². The van der Waals surface area contributed by atoms with Gasteiger partial charge in [-0.05, 0) is 36.8 Å². The Balaban J connectivity index is 2.04. The van der Waals surface area contributed by atoms with Gasteiger partial charge in [-0.15, -0.1) is 0 Å². The molecule has 3 N–H and O–H groups in total. The number of aryl methyl sites for hydroxylation is 1. The van der Waals surface area contributed by atoms with Gasteiger partial charge in [-0.2, -0.15) is 0 Å². The van der Waals surface area contributed by atoms with Gasteiger partial charge in [0.15, 0.2) is 5.75 Å². The minimum absolute atomic E-state index is 0.00675. The number of pyridine rings is 1. The third kappa shape index (κ3) is 5.12. The van der Waals surface area contributed by atoms with Crippen LogP contribution in [0, 0.1) is 24.4 Å². The van der Waals surface area contributed by atoms with Crippen molar-refractivity contribution in [1.29, 1.82) is 0 Å². The molecule has 10 heteroatoms. The summed E-state index contributed by atoms with van der Waals surface area (Å²) in [5, 5.41) is 10.9. The van der Waals surface area contributed by atoms with Crippen molar-refractivity contribution in [2.75, 3.05) is 6.61 Å². The van der Waals surface area contributed by atoms with E-state index in [2.05, 4.69) is 10.3 Å². The van der Waals surface area contributed by atoms with E-state index < -0.39 is 42.1 Å². The van der Waals surface area contributed by atoms with Gasteiger partial charge >= 0.3 is 0 Å². The molecule has 0 bridgehead atoms. The maximum absolute atomic E-state index is 14.8. The molecule has 32 heavy (non-hydrogen) atoms. The van der Waals surface area contributed by atoms with Gasteiger partial charge in [0.05, 0.1) is 0 Å². The number of hydrogen-bond donors (Lipinski definition) is 3. The number of nitrogens with one attached hydrogen (secondary N) is 2. The van der Waals surface area contributed by atoms with E-state index in [9.17, 15) is 22.8 Å². The highest BCUT2D eigenvalue weighted by molar-refractivity contribution is 6.32. The molecule has 0 saturated heterocycles. The van der Waals surface area contributed by atoms with Gasteiger partial charge in [0.25, 0.3) is 5.56 Å². The Morgan fingerprint density at radius 2 is 1.91 bits per heavy atom. The fraction of sp³-hybridized carbons (Fsp3) is 0.182. The van der Waals surface area contributed by atoms with E-state index in [0.29, 0.717) is 11.6 Å². The Labute approximate surface area is 185 Å². The number of carbonyl (C=O) groups is 1. The van der Waals surface area contributed by atoms with Crippen molar-refractivity contribution in [2.24, 2.45) is 0 Å². The number of rotatable bonds is 7. The summed E-state index contributed by atoms with van der Waals surface area (Å²) in [6, 6.07) is 6.95. The number of amides is 1. The summed E-state index contributed by atoms with van der Waals surface area (Å²) < 4.78 is 47.5. The number of halogens is 4. The highest BCUT2D eigenvalue weighted by Gasteiger charge is 2.21. The van der Waals surface area contributed by atoms with Crippen LogP contribution < -0.4 is 15.6 Å². The van der Waals surface area contributed by atoms with Crippen molar-refractivity contribution < 1.29 is 27.8 Å². The average molecular weight is 467 g/mol. The molecule has 1 aromatic heterocycles. The molecule has 3 rings (SSSR count). The normalized spacial score (nSPS) is 10.8. The highest BCUT2D eigenvalue weighted by Crippen LogP contribution is 2.38. The van der Waals surface area contributed by atoms with Crippen molar-refractivity contribution in [2.45, 2.75) is 20.1 Å². The zero-order valence-electron chi connectivity index (χ0n) is 16.8. The van der Waals surface area contributed by atoms with Gasteiger partial charge in [-0.1, -0.05) is 17.7 Å². The van der Waals surface area contributed by atoms with Crippen molar-refractivity contribution in [3.8, 4) is 16.9 Å². The van der Waals surface area contributed by atoms with E-state index in [1.54, 1.807) is 0 Å². The lowest BCUT2D eigenvalue weighted by Crippen LogP contribution is -2.25. The lowest BCUT2D eigenvalue weighted by atomic mass is 10.00. The molecule has 0 atom stereocenters. The molecule has 1 amide bonds. The number of aliphatic hydroxyl groups is 1. The van der Waals surface area contributed by atoms with Crippen molar-refractivity contribution in [3.05, 3.63) is 86.0 Å². The van der Waals surface area contributed by atoms with Gasteiger partial charge in [0.1, 0.15) is 35.7 Å². The number of aromatic amines is 1. The molecule has 168 valence electrons. The minimum Gasteiger partial charge on any atom is -0.486 e. The second-order valence-corrected chi connectivity index (χ2v) is 7.25. The van der Waals surface area contributed by atoms with Gasteiger partial charge in [-0.25, -0.2) is 13.2 Å². The summed E-state index contributed by atoms with van der Waals surface area (Å²) in [4.78, 5) is 26.0. The van der Waals surface area contributed by atoms with E-state index in [-0.39, 0.29) is 39.7 Å². The fourth-order valence-electron chi connectivity index (χ4n) is 3.05. The van der Waals surface area contributed by atoms with E-state index in [0.717, 1.165) is 12.1 Å². The number of benzene rings is 2. The number of ether oxygens (including phenoxy) is 1. The third-order valence-electron chi connectivity index (χ3n) is 4.62. The molecule has 0 fully saturated rings. The second-order valence-electron chi connectivity index (χ2n) is 6.87. The minimum atomic E-state index is -0.850. The van der Waals surface area contributed by atoms with Gasteiger partial charge in [0.2, 0.25) is 5.91 Å². The monoisotopic (exact) mass is 466 g/mol. The molecule has 1 heterocycles. The first-order valence-electron chi connectivity index (χ1n) is 9.36. The Morgan fingerprint density at radius 3 is 2.59 bits per heavy atom. The number of H-pyrrole nitrogens is 1. The smallest absolute Gasteiger partial charge is 0.270 e. The summed E-state index contributed by atoms with van der Waals surface area (Å²) in [7, 11) is 0. The highest BCUT2D eigenvalue weighted by atomic mass is 35.5. The number of carbonyl (C=O) groups excluding carboxylic acids is 1. The fourth-order valence-corrected chi connectivity index (χ4v) is 3.25. The SMILES string of the molecule is Cc1[nH]c(=O)c(Cl)c(OCc2ccc(F)cc2F)c1-c1cc(CNC(=O)CO)ccc1F. The molecule has 3 aromatic rings. The summed E-state index contributed by atoms with van der Waals surface area (Å²) in [5.41, 5.74) is 0.211. The van der Waals surface area contributed by atoms with E-state index >= 15 is 0 Å². The zero-order valence-corrected chi connectivity index (χ0v) is 17.5. The third-order valence-corrected chi connectivity index (χ3v) is 4.97. The molecule has 0 aliphatic carbocycles. The van der Waals surface area contributed by atoms with Gasteiger partial charge in [0, 0.05) is 35.0 Å². The summed E-state index contributed by atoms with van der Waals surface area (Å²) >= 11 is 6.14. The van der Waals surface area contributed by atoms with Gasteiger partial charge in [-0.3, -0.25) is 9.59 Å². The first-order valence-corrected chi connectivity index (χ1v) is 9.74. The molecule has 6 nitrogen and oxygen atoms in total. The van der Waals surface area contributed by atoms with Crippen LogP contribution in [0.1, 0.15) is 16.8 Å². The lowest BCUT2D eigenvalue weighted by molar-refractivity contribution is -0.123. The Hall–Kier alpha value is -3.30. The largest absolute Gasteiger partial charge is 0.486 e. The van der Waals surface area contributed by atoms with Crippen LogP contribution in [0.5, 0.6) is 5.75 Å². The molecular weight excluding hydrogens is 449 g/mol. The van der Waals surface area contributed by atoms with Crippen molar-refractivity contribution in [1.82, 2.24) is 10.3 Å². The quantitative estimate of drug-likeness (QED) is 0.496. The molecule has 0 unspecified atom stereocenters. The van der Waals surface area contributed by atoms with Crippen molar-refractivity contribution >= 4 is 17.5 Å². The molecule has 2 aromatic carbocycles. The lowest BCUT2D eigenvalue weighted by Gasteiger charge is -2.17. The topological polar surface area (TPSA) is 91.4 Å². The standard InChI is InChI=1S/C22H18ClF3N2O4/c1-11-19(15-6-12(2-5-16(15)25)8-27-18(30)9-29)21(20(23)22(31)28-11)32-10-13-3-4-14(24)7-17(13)26/h2-7,29H,8-10H2,1H3,(H,27,30)(H,28,31). The van der Waals surface area contributed by atoms with E-state index in [1.165, 1.54) is 25.1 Å². The van der Waals surface area contributed by atoms with Crippen LogP contribution in [0.2, 0.25) is 5.02 Å². The summed E-state index contributed by atoms with van der Waals surface area (Å²) in [5.74, 6) is -3.05. The van der Waals surface area contributed by atoms with Gasteiger partial charge < -0.3 is 20.1 Å². The van der Waals surface area contributed by atoms with Crippen LogP contribution in [0.25, 0.3) is 11.1 Å². The Morgan fingerprint density at radius 1 is 1.16 bits per heavy atom. The first kappa shape index (κ1) is 23.4. The van der Waals surface area contributed by atoms with Crippen LogP contribution in [-0.4, -0.2) is 22.6 Å². The van der Waals surface area contributed by atoms with Crippen LogP contribution >= 0.6 is 11.6 Å². The Bertz CT molecular complexity index is 1230. The zero-order chi connectivity index (χ0) is 23.4. The maximum atomic E-state index is 14.8. The second kappa shape index (κ2) is 9.88. The van der Waals surface area contributed by atoms with Crippen molar-refractivity contribution in [3.63, 3.8) is 0 Å². The first-order chi connectivity index (χ1) is 15.2. The maximum Gasteiger partial charge on any atom is 0.270 e. The summed E-state index contributed by atoms with van der Waals surface area (Å²) in [6.07, 6.45) is 0. The molecule has 0 saturated carbocycles. The number of aliphatic hydroxyl groups excluding tert-OH is 1. The molecule has 0 radical (unpaired) electrons. The Kier molecular flexibility index (Phi) is 7.22. The van der Waals surface area contributed by atoms with Crippen LogP contribution in [-0.2, 0) is 17.9 Å². The molecule has 0 spiro atoms. The predicted molar refractivity (Wildman–Crippen MR) is 112 cm³/mol. The van der Waals surface area contributed by atoms with Crippen LogP contribution in [0.15, 0.2) is 41.2 Å². The molecule has 0 aliphatic rings. The number of aromatic nitrogens is 1. The predicted octanol–water partition coefficient (Wildman–Crippen LogP) is 3.61. The average Bonchev–Trinajstić information content (AvgIpc) is 2.75. The molecular formula is C22H18ClF3N2O4.